The third kappa shape index (κ3) is 3.45. The minimum absolute atomic E-state index is 0.159. The topological polar surface area (TPSA) is 49.5 Å². The Morgan fingerprint density at radius 2 is 2.11 bits per heavy atom. The van der Waals surface area contributed by atoms with Crippen LogP contribution >= 0.6 is 0 Å². The molecule has 1 aliphatic heterocycles. The normalized spacial score (nSPS) is 26.1. The van der Waals surface area contributed by atoms with E-state index in [0.717, 1.165) is 24.9 Å². The molecule has 4 heteroatoms. The number of halogens is 1. The summed E-state index contributed by atoms with van der Waals surface area (Å²) in [4.78, 5) is 2.02. The van der Waals surface area contributed by atoms with Gasteiger partial charge in [-0.1, -0.05) is 6.07 Å². The lowest BCUT2D eigenvalue weighted by atomic mass is 9.98. The Morgan fingerprint density at radius 1 is 1.37 bits per heavy atom. The van der Waals surface area contributed by atoms with E-state index in [1.807, 2.05) is 24.8 Å². The number of aliphatic hydroxyl groups is 1. The summed E-state index contributed by atoms with van der Waals surface area (Å²) in [6.07, 6.45) is 2.31. The second-order valence-electron chi connectivity index (χ2n) is 5.84. The van der Waals surface area contributed by atoms with Crippen LogP contribution in [-0.4, -0.2) is 23.8 Å². The molecule has 2 rings (SSSR count). The van der Waals surface area contributed by atoms with Crippen molar-refractivity contribution in [2.45, 2.75) is 44.8 Å². The Labute approximate surface area is 114 Å². The van der Waals surface area contributed by atoms with Crippen LogP contribution in [0.25, 0.3) is 0 Å². The number of nitrogens with two attached hydrogens (primary N) is 1. The summed E-state index contributed by atoms with van der Waals surface area (Å²) < 4.78 is 14.2. The van der Waals surface area contributed by atoms with Crippen LogP contribution in [0.4, 0.5) is 10.1 Å². The Bertz CT molecular complexity index is 446. The fourth-order valence-corrected chi connectivity index (χ4v) is 2.57. The Kier molecular flexibility index (Phi) is 4.11. The fraction of sp³-hybridized carbons (Fsp3) is 0.600. The molecule has 1 aromatic carbocycles. The van der Waals surface area contributed by atoms with Crippen LogP contribution in [-0.2, 0) is 0 Å². The Hall–Kier alpha value is -1.13. The largest absolute Gasteiger partial charge is 0.390 e. The van der Waals surface area contributed by atoms with Crippen molar-refractivity contribution in [3.05, 3.63) is 29.6 Å². The summed E-state index contributed by atoms with van der Waals surface area (Å²) in [5.41, 5.74) is 6.55. The molecule has 0 aromatic heterocycles. The van der Waals surface area contributed by atoms with Crippen molar-refractivity contribution in [2.75, 3.05) is 18.0 Å². The Morgan fingerprint density at radius 3 is 2.74 bits per heavy atom. The summed E-state index contributed by atoms with van der Waals surface area (Å²) in [6.45, 7) is 5.16. The van der Waals surface area contributed by atoms with Crippen LogP contribution in [0.5, 0.6) is 0 Å². The van der Waals surface area contributed by atoms with Crippen LogP contribution in [0.2, 0.25) is 0 Å². The van der Waals surface area contributed by atoms with Gasteiger partial charge >= 0.3 is 0 Å². The highest BCUT2D eigenvalue weighted by Crippen LogP contribution is 2.28. The molecule has 3 nitrogen and oxygen atoms in total. The summed E-state index contributed by atoms with van der Waals surface area (Å²) in [7, 11) is 0. The molecule has 19 heavy (non-hydrogen) atoms. The molecule has 1 saturated heterocycles. The molecule has 2 atom stereocenters. The smallest absolute Gasteiger partial charge is 0.146 e. The maximum atomic E-state index is 14.2. The summed E-state index contributed by atoms with van der Waals surface area (Å²) in [5, 5.41) is 10.1. The van der Waals surface area contributed by atoms with Gasteiger partial charge in [0.1, 0.15) is 5.82 Å². The Balaban J connectivity index is 2.18. The second-order valence-corrected chi connectivity index (χ2v) is 5.84. The SMILES string of the molecule is C[C@@H](N)c1ccc(N2CCCC(C)(O)CC2)c(F)c1. The molecule has 1 aliphatic rings. The lowest BCUT2D eigenvalue weighted by Gasteiger charge is -2.25. The summed E-state index contributed by atoms with van der Waals surface area (Å²) in [5.74, 6) is -0.226. The zero-order chi connectivity index (χ0) is 14.0. The highest BCUT2D eigenvalue weighted by atomic mass is 19.1. The van der Waals surface area contributed by atoms with Gasteiger partial charge in [0.05, 0.1) is 11.3 Å². The van der Waals surface area contributed by atoms with Gasteiger partial charge < -0.3 is 15.7 Å². The number of hydrogen-bond donors (Lipinski definition) is 2. The van der Waals surface area contributed by atoms with Gasteiger partial charge in [-0.05, 0) is 50.8 Å². The van der Waals surface area contributed by atoms with Gasteiger partial charge in [0.25, 0.3) is 0 Å². The van der Waals surface area contributed by atoms with Crippen LogP contribution < -0.4 is 10.6 Å². The molecule has 1 heterocycles. The summed E-state index contributed by atoms with van der Waals surface area (Å²) >= 11 is 0. The van der Waals surface area contributed by atoms with Crippen LogP contribution in [0.15, 0.2) is 18.2 Å². The van der Waals surface area contributed by atoms with Gasteiger partial charge in [-0.15, -0.1) is 0 Å². The van der Waals surface area contributed by atoms with Crippen molar-refractivity contribution in [3.63, 3.8) is 0 Å². The molecule has 106 valence electrons. The molecule has 1 fully saturated rings. The van der Waals surface area contributed by atoms with E-state index in [0.29, 0.717) is 18.7 Å². The van der Waals surface area contributed by atoms with Crippen molar-refractivity contribution >= 4 is 5.69 Å². The molecule has 0 aliphatic carbocycles. The molecule has 1 unspecified atom stereocenters. The molecular weight excluding hydrogens is 243 g/mol. The predicted molar refractivity (Wildman–Crippen MR) is 75.7 cm³/mol. The van der Waals surface area contributed by atoms with E-state index in [2.05, 4.69) is 0 Å². The zero-order valence-corrected chi connectivity index (χ0v) is 11.7. The van der Waals surface area contributed by atoms with Gasteiger partial charge in [-0.25, -0.2) is 4.39 Å². The maximum Gasteiger partial charge on any atom is 0.146 e. The van der Waals surface area contributed by atoms with E-state index in [-0.39, 0.29) is 11.9 Å². The van der Waals surface area contributed by atoms with E-state index >= 15 is 0 Å². The van der Waals surface area contributed by atoms with E-state index < -0.39 is 5.60 Å². The standard InChI is InChI=1S/C15H23FN2O/c1-11(17)12-4-5-14(13(16)10-12)18-8-3-6-15(2,19)7-9-18/h4-5,10-11,19H,3,6-9,17H2,1-2H3/t11-,15?/m1/s1. The molecule has 0 spiro atoms. The van der Waals surface area contributed by atoms with Crippen molar-refractivity contribution < 1.29 is 9.50 Å². The molecule has 3 N–H and O–H groups in total. The first-order chi connectivity index (χ1) is 8.89. The van der Waals surface area contributed by atoms with Crippen molar-refractivity contribution in [1.82, 2.24) is 0 Å². The predicted octanol–water partition coefficient (Wildman–Crippen LogP) is 2.59. The number of nitrogens with zero attached hydrogens (tertiary/aromatic N) is 1. The van der Waals surface area contributed by atoms with E-state index in [4.69, 9.17) is 5.73 Å². The first-order valence-corrected chi connectivity index (χ1v) is 6.91. The third-order valence-electron chi connectivity index (χ3n) is 3.90. The molecule has 0 saturated carbocycles. The van der Waals surface area contributed by atoms with Gasteiger partial charge in [0.15, 0.2) is 0 Å². The van der Waals surface area contributed by atoms with Crippen molar-refractivity contribution in [2.24, 2.45) is 5.73 Å². The van der Waals surface area contributed by atoms with E-state index in [9.17, 15) is 9.50 Å². The minimum atomic E-state index is -0.628. The van der Waals surface area contributed by atoms with Crippen molar-refractivity contribution in [1.29, 1.82) is 0 Å². The first kappa shape index (κ1) is 14.3. The fourth-order valence-electron chi connectivity index (χ4n) is 2.57. The molecular formula is C15H23FN2O. The lowest BCUT2D eigenvalue weighted by molar-refractivity contribution is 0.0481. The average molecular weight is 266 g/mol. The first-order valence-electron chi connectivity index (χ1n) is 6.91. The second kappa shape index (κ2) is 5.47. The highest BCUT2D eigenvalue weighted by Gasteiger charge is 2.26. The summed E-state index contributed by atoms with van der Waals surface area (Å²) in [6, 6.07) is 5.04. The number of hydrogen-bond acceptors (Lipinski definition) is 3. The van der Waals surface area contributed by atoms with E-state index in [1.165, 1.54) is 6.07 Å². The molecule has 1 aromatic rings. The van der Waals surface area contributed by atoms with Crippen LogP contribution in [0.3, 0.4) is 0 Å². The van der Waals surface area contributed by atoms with E-state index in [1.54, 1.807) is 6.07 Å². The monoisotopic (exact) mass is 266 g/mol. The molecule has 0 bridgehead atoms. The van der Waals surface area contributed by atoms with Crippen LogP contribution in [0, 0.1) is 5.82 Å². The average Bonchev–Trinajstić information content (AvgIpc) is 2.50. The third-order valence-corrected chi connectivity index (χ3v) is 3.90. The number of rotatable bonds is 2. The molecule has 0 radical (unpaired) electrons. The van der Waals surface area contributed by atoms with Crippen molar-refractivity contribution in [3.8, 4) is 0 Å². The van der Waals surface area contributed by atoms with Gasteiger partial charge in [-0.2, -0.15) is 0 Å². The highest BCUT2D eigenvalue weighted by molar-refractivity contribution is 5.49. The maximum absolute atomic E-state index is 14.2. The van der Waals surface area contributed by atoms with Gasteiger partial charge in [-0.3, -0.25) is 0 Å². The zero-order valence-electron chi connectivity index (χ0n) is 11.7. The minimum Gasteiger partial charge on any atom is -0.390 e. The van der Waals surface area contributed by atoms with Crippen LogP contribution in [0.1, 0.15) is 44.7 Å². The van der Waals surface area contributed by atoms with Gasteiger partial charge in [0, 0.05) is 19.1 Å². The van der Waals surface area contributed by atoms with Gasteiger partial charge in [0.2, 0.25) is 0 Å². The number of anilines is 1. The number of benzene rings is 1. The quantitative estimate of drug-likeness (QED) is 0.865. The lowest BCUT2D eigenvalue weighted by Crippen LogP contribution is -2.28. The molecule has 0 amide bonds.